The molecule has 744 valence electrons. The van der Waals surface area contributed by atoms with E-state index in [1.54, 1.807) is 18.2 Å². The molecule has 9 aromatic rings. The molecule has 6 saturated heterocycles. The average molecular weight is 2020 g/mol. The Morgan fingerprint density at radius 1 is 0.441 bits per heavy atom. The highest BCUT2D eigenvalue weighted by Crippen LogP contribution is 2.48. The first-order chi connectivity index (χ1) is 64.5. The smallest absolute Gasteiger partial charge is 0.301 e. The van der Waals surface area contributed by atoms with Crippen LogP contribution >= 0.6 is 34.8 Å². The number of phenolic OH excluding ortho intramolecular Hbond substituents is 1. The fourth-order valence-electron chi connectivity index (χ4n) is 18.9. The number of hydrogen-bond acceptors (Lipinski definition) is 25. The Balaban J connectivity index is 0.000000150. The van der Waals surface area contributed by atoms with Crippen molar-refractivity contribution in [3.8, 4) is 35.3 Å². The van der Waals surface area contributed by atoms with Gasteiger partial charge in [0.1, 0.15) is 115 Å². The summed E-state index contributed by atoms with van der Waals surface area (Å²) in [6.45, 7) is 46.9. The molecule has 28 nitrogen and oxygen atoms in total. The van der Waals surface area contributed by atoms with Crippen LogP contribution in [-0.4, -0.2) is 253 Å². The van der Waals surface area contributed by atoms with Crippen LogP contribution in [0.3, 0.4) is 0 Å². The number of aliphatic hydroxyl groups excluding tert-OH is 1. The third-order valence-electron chi connectivity index (χ3n) is 28.3. The second-order valence-corrected chi connectivity index (χ2v) is 64.7. The number of aromatic amines is 1. The lowest BCUT2D eigenvalue weighted by molar-refractivity contribution is 0.00684. The highest BCUT2D eigenvalue weighted by molar-refractivity contribution is 6.76. The summed E-state index contributed by atoms with van der Waals surface area (Å²) >= 11 is 20.3. The van der Waals surface area contributed by atoms with Crippen LogP contribution in [0.5, 0.6) is 35.3 Å². The van der Waals surface area contributed by atoms with Gasteiger partial charge in [0.15, 0.2) is 51.9 Å². The van der Waals surface area contributed by atoms with Crippen LogP contribution in [0, 0.1) is 17.5 Å². The molecule has 3 aliphatic carbocycles. The molecule has 6 aromatic heterocycles. The predicted molar refractivity (Wildman–Crippen MR) is 523 cm³/mol. The number of phenols is 1. The van der Waals surface area contributed by atoms with Gasteiger partial charge in [-0.15, -0.1) is 0 Å². The maximum absolute atomic E-state index is 15.6. The second-order valence-electron chi connectivity index (χ2n) is 42.7. The molecular formula is C98H135Cl3F3N9O19Si4. The van der Waals surface area contributed by atoms with E-state index < -0.39 is 38.9 Å². The first-order valence-corrected chi connectivity index (χ1v) is 62.5. The Morgan fingerprint density at radius 3 is 1.26 bits per heavy atom. The number of imidazole rings is 3. The van der Waals surface area contributed by atoms with Crippen LogP contribution < -0.4 is 23.7 Å². The number of H-pyrrole nitrogens is 1. The number of aromatic hydroxyl groups is 1. The molecule has 136 heavy (non-hydrogen) atoms. The molecule has 9 aliphatic rings. The molecule has 6 fully saturated rings. The molecule has 12 heterocycles. The van der Waals surface area contributed by atoms with Gasteiger partial charge in [-0.1, -0.05) is 116 Å². The molecule has 0 bridgehead atoms. The van der Waals surface area contributed by atoms with Crippen LogP contribution in [0.25, 0.3) is 33.5 Å². The molecule has 3 unspecified atom stereocenters. The van der Waals surface area contributed by atoms with E-state index in [4.69, 9.17) is 135 Å². The lowest BCUT2D eigenvalue weighted by atomic mass is 9.95. The quantitative estimate of drug-likeness (QED) is 0.0243. The molecule has 6 aliphatic heterocycles. The molecular weight excluding hydrogens is 1880 g/mol. The summed E-state index contributed by atoms with van der Waals surface area (Å²) in [7, 11) is -6.67. The SMILES string of the molecule is CC(C)(C)[Si](C)(C)O[C@@H]1CO[C@H]2[C@@H]1OC[C@H]2Oc1nc2cc(Cl)c(CC3CCc4cc(O)cc(F)c43)nc2n1COCC[Si](C)(C)C.CCOCCOc1cc(F)c2c(c1)CCC2Cc1nc2c(cc1Cl)nc(O[C@@H]1CO[C@H]3[C@@H]1OC[C@H]3O[Si](C)(C)C(C)(C)C)n2COCC[Si](C)(C)C.CCOCCOc1cc(F)c2c(c1)CCC2Cc1nc2nc(O[C@@H]3CO[C@H]4[C@@H]3OC[C@H]4O)[nH]c2cc1Cl. The van der Waals surface area contributed by atoms with Crippen LogP contribution in [-0.2, 0) is 108 Å². The van der Waals surface area contributed by atoms with E-state index >= 15 is 8.78 Å². The van der Waals surface area contributed by atoms with Gasteiger partial charge in [-0.2, -0.15) is 15.0 Å². The summed E-state index contributed by atoms with van der Waals surface area (Å²) < 4.78 is 153. The Labute approximate surface area is 813 Å². The van der Waals surface area contributed by atoms with E-state index in [0.29, 0.717) is 217 Å². The summed E-state index contributed by atoms with van der Waals surface area (Å²) in [4.78, 5) is 32.0. The van der Waals surface area contributed by atoms with Gasteiger partial charge in [-0.25, -0.2) is 28.1 Å². The number of fused-ring (bicyclic) bond motifs is 9. The van der Waals surface area contributed by atoms with E-state index in [9.17, 15) is 14.6 Å². The standard InChI is InChI=1S/C38H57ClFN3O7Si2.C34H49ClFN3O6Si2.C26H29ClFN3O6/c1-10-44-13-14-46-26-17-24-11-12-25(33(24)28(40)19-26)18-29-27(39)20-30-36(41-29)43(23-45-15-16-51(5,6)7)37(42-30)49-31-21-47-35-32(22-48-34(31)35)50-52(8,9)38(2,3)4;1-34(2,3)47(7,8)45-28-18-43-30-27(17-42-31(28)30)44-33-38-26-16-23(35)25(37-32(26)39(33)19-41-11-12-46(4,5)6)14-21-10-9-20-13-22(40)15-24(36)29(20)21;1-2-33-5-6-34-15-7-13-3-4-14(22(13)17(28)9-15)8-18-16(27)10-19-25(29-18)31-26(30-19)37-21-12-36-23-20(32)11-35-24(21)23/h17,19-20,25,31-32,34-35H,10-16,18,21-23H2,1-9H3;13,15-16,21,27-28,30-31,40H,9-12,14,17-19H2,1-8H3;7,9-10,14,20-21,23-24,32H,2-6,8,11-12H2,1H3,(H,29,30,31)/t25?,31-,32-,34-,35-;21?,27-,28-,30-,31-;14?,20-,21-,23-,24-/m111/s1. The van der Waals surface area contributed by atoms with Gasteiger partial charge < -0.3 is 95.1 Å². The Bertz CT molecular complexity index is 5700. The van der Waals surface area contributed by atoms with E-state index in [1.807, 2.05) is 41.2 Å². The number of halogens is 6. The number of hydrogen-bond donors (Lipinski definition) is 3. The van der Waals surface area contributed by atoms with Crippen molar-refractivity contribution in [2.24, 2.45) is 0 Å². The number of ether oxygens (including phenoxy) is 15. The summed E-state index contributed by atoms with van der Waals surface area (Å²) in [5.41, 5.74) is 10.3. The molecule has 0 radical (unpaired) electrons. The normalized spacial score (nSPS) is 24.7. The Morgan fingerprint density at radius 2 is 0.824 bits per heavy atom. The predicted octanol–water partition coefficient (Wildman–Crippen LogP) is 19.0. The zero-order valence-electron chi connectivity index (χ0n) is 81.6. The number of nitrogens with one attached hydrogen (secondary N) is 1. The van der Waals surface area contributed by atoms with Crippen molar-refractivity contribution in [1.82, 2.24) is 44.0 Å². The highest BCUT2D eigenvalue weighted by Gasteiger charge is 2.56. The summed E-state index contributed by atoms with van der Waals surface area (Å²) in [6.07, 6.45) is 2.22. The minimum Gasteiger partial charge on any atom is -0.508 e. The largest absolute Gasteiger partial charge is 0.508 e. The Hall–Kier alpha value is -6.67. The van der Waals surface area contributed by atoms with Crippen molar-refractivity contribution in [1.29, 1.82) is 0 Å². The number of aromatic nitrogens is 9. The summed E-state index contributed by atoms with van der Waals surface area (Å²) in [6, 6.07) is 18.1. The molecule has 0 spiro atoms. The van der Waals surface area contributed by atoms with Gasteiger partial charge >= 0.3 is 12.0 Å². The third-order valence-corrected chi connectivity index (χ3v) is 41.7. The van der Waals surface area contributed by atoms with Gasteiger partial charge in [0.05, 0.1) is 103 Å². The summed E-state index contributed by atoms with van der Waals surface area (Å²) in [5, 5.41) is 21.4. The monoisotopic (exact) mass is 2020 g/mol. The Kier molecular flexibility index (Phi) is 31.9. The minimum absolute atomic E-state index is 0.0388. The molecule has 3 N–H and O–H groups in total. The molecule has 38 heteroatoms. The first kappa shape index (κ1) is 102. The molecule has 15 atom stereocenters. The van der Waals surface area contributed by atoms with Crippen molar-refractivity contribution >= 4 is 101 Å². The lowest BCUT2D eigenvalue weighted by Crippen LogP contribution is -2.47. The van der Waals surface area contributed by atoms with Crippen LogP contribution in [0.15, 0.2) is 54.6 Å². The number of nitrogens with zero attached hydrogens (tertiary/aromatic N) is 8. The highest BCUT2D eigenvalue weighted by atomic mass is 35.5. The maximum atomic E-state index is 15.6. The van der Waals surface area contributed by atoms with Gasteiger partial charge in [-0.05, 0) is 208 Å². The maximum Gasteiger partial charge on any atom is 0.301 e. The van der Waals surface area contributed by atoms with Crippen molar-refractivity contribution < 1.29 is 103 Å². The lowest BCUT2D eigenvalue weighted by Gasteiger charge is -2.39. The van der Waals surface area contributed by atoms with Gasteiger partial charge in [-0.3, -0.25) is 9.13 Å². The minimum atomic E-state index is -2.03. The van der Waals surface area contributed by atoms with E-state index in [1.165, 1.54) is 18.2 Å². The van der Waals surface area contributed by atoms with E-state index in [2.05, 4.69) is 122 Å². The number of rotatable bonds is 36. The average Bonchev–Trinajstić information content (AvgIpc) is 1.61. The van der Waals surface area contributed by atoms with Gasteiger partial charge in [0.25, 0.3) is 6.01 Å². The van der Waals surface area contributed by atoms with Crippen molar-refractivity contribution in [3.63, 3.8) is 0 Å². The molecule has 0 amide bonds. The van der Waals surface area contributed by atoms with Crippen molar-refractivity contribution in [3.05, 3.63) is 138 Å². The summed E-state index contributed by atoms with van der Waals surface area (Å²) in [5.74, 6) is -0.118. The number of aryl methyl sites for hydroxylation is 3. The first-order valence-electron chi connectivity index (χ1n) is 48.2. The van der Waals surface area contributed by atoms with Gasteiger partial charge in [0.2, 0.25) is 0 Å². The second kappa shape index (κ2) is 42.5. The molecule has 3 aromatic carbocycles. The zero-order valence-corrected chi connectivity index (χ0v) is 87.9. The van der Waals surface area contributed by atoms with E-state index in [-0.39, 0.29) is 144 Å². The fourth-order valence-corrected chi connectivity index (χ4v) is 23.7. The number of pyridine rings is 3. The van der Waals surface area contributed by atoms with Crippen LogP contribution in [0.4, 0.5) is 13.2 Å². The van der Waals surface area contributed by atoms with Gasteiger partial charge in [0, 0.05) is 60.8 Å². The fraction of sp³-hybridized carbons (Fsp3) is 0.633. The van der Waals surface area contributed by atoms with E-state index in [0.717, 1.165) is 60.9 Å². The van der Waals surface area contributed by atoms with Crippen molar-refractivity contribution in [2.45, 2.75) is 305 Å². The zero-order chi connectivity index (χ0) is 96.8. The van der Waals surface area contributed by atoms with Crippen LogP contribution in [0.1, 0.15) is 143 Å². The molecule has 0 saturated carbocycles. The van der Waals surface area contributed by atoms with Crippen molar-refractivity contribution in [2.75, 3.05) is 92.5 Å². The topological polar surface area (TPSA) is 300 Å². The number of aliphatic hydroxyl groups is 1. The van der Waals surface area contributed by atoms with Crippen LogP contribution in [0.2, 0.25) is 103 Å². The molecule has 18 rings (SSSR count). The number of benzene rings is 3. The third kappa shape index (κ3) is 23.5.